The predicted octanol–water partition coefficient (Wildman–Crippen LogP) is 0.854. The number of nitrogens with one attached hydrogen (secondary N) is 2. The number of anilines is 1. The first-order chi connectivity index (χ1) is 28.1. The molecule has 1 saturated heterocycles. The van der Waals surface area contributed by atoms with Gasteiger partial charge < -0.3 is 50.9 Å². The molecule has 0 saturated carbocycles. The van der Waals surface area contributed by atoms with Crippen molar-refractivity contribution in [2.24, 2.45) is 5.41 Å². The van der Waals surface area contributed by atoms with Gasteiger partial charge in [0.15, 0.2) is 17.7 Å². The SMILES string of the molecule is CC(C)(COP(=O)(O)OP(=O)(O)OC[C@H]1O[C@@H](n2cnc3c(N)ncnc32)[C@H](O)[C@@H]1OP(=O)(O)O)[C@@H](O)C(=O)NCCC(=O)NCCSC(=O)C=CCCc1ccccc1. The first-order valence-corrected chi connectivity index (χ1v) is 23.3. The van der Waals surface area contributed by atoms with Gasteiger partial charge in [-0.05, 0) is 24.5 Å². The van der Waals surface area contributed by atoms with Crippen LogP contribution in [0.25, 0.3) is 11.2 Å². The summed E-state index contributed by atoms with van der Waals surface area (Å²) < 4.78 is 62.2. The standard InChI is InChI=1S/C32H46N7O17P3S/c1-32(2,27(43)30(44)35-13-12-22(40)34-14-15-60-23(41)11-7-6-10-20-8-4-3-5-9-20)17-53-59(50,51)56-58(48,49)52-16-21-26(55-57(45,46)47)25(42)31(54-21)39-19-38-24-28(33)36-18-37-29(24)39/h3-5,7-9,11,18-19,21,25-27,31,42-43H,6,10,12-17H2,1-2H3,(H,34,40)(H,35,44)(H,48,49)(H,50,51)(H2,33,36,37)(H2,45,46,47)/t21-,25-,26-,27+,31-/m1/s1. The lowest BCUT2D eigenvalue weighted by molar-refractivity contribution is -0.137. The Labute approximate surface area is 346 Å². The molecule has 1 aromatic carbocycles. The van der Waals surface area contributed by atoms with Crippen LogP contribution in [0.3, 0.4) is 0 Å². The Hall–Kier alpha value is -3.48. The minimum Gasteiger partial charge on any atom is -0.386 e. The smallest absolute Gasteiger partial charge is 0.386 e. The summed E-state index contributed by atoms with van der Waals surface area (Å²) in [5.74, 6) is -1.15. The number of hydrogen-bond acceptors (Lipinski definition) is 18. The van der Waals surface area contributed by atoms with Gasteiger partial charge in [-0.3, -0.25) is 32.5 Å². The molecule has 0 radical (unpaired) electrons. The normalized spacial score (nSPS) is 21.1. The number of phosphoric acid groups is 3. The van der Waals surface area contributed by atoms with Crippen molar-refractivity contribution in [2.75, 3.05) is 37.8 Å². The minimum atomic E-state index is -5.58. The molecule has 2 aromatic heterocycles. The molecule has 28 heteroatoms. The van der Waals surface area contributed by atoms with Crippen LogP contribution in [0, 0.1) is 5.41 Å². The van der Waals surface area contributed by atoms with Gasteiger partial charge in [-0.15, -0.1) is 0 Å². The van der Waals surface area contributed by atoms with Gasteiger partial charge in [0, 0.05) is 30.7 Å². The quantitative estimate of drug-likeness (QED) is 0.0362. The molecular weight excluding hydrogens is 879 g/mol. The Morgan fingerprint density at radius 3 is 2.43 bits per heavy atom. The lowest BCUT2D eigenvalue weighted by atomic mass is 9.87. The van der Waals surface area contributed by atoms with Crippen molar-refractivity contribution in [3.05, 3.63) is 60.7 Å². The molecule has 2 amide bonds. The second kappa shape index (κ2) is 21.5. The highest BCUT2D eigenvalue weighted by Crippen LogP contribution is 2.61. The largest absolute Gasteiger partial charge is 0.481 e. The number of aliphatic hydroxyl groups excluding tert-OH is 2. The van der Waals surface area contributed by atoms with E-state index in [1.807, 2.05) is 30.3 Å². The number of benzene rings is 1. The number of rotatable bonds is 23. The van der Waals surface area contributed by atoms with E-state index in [0.29, 0.717) is 12.2 Å². The summed E-state index contributed by atoms with van der Waals surface area (Å²) in [7, 11) is -16.4. The lowest BCUT2D eigenvalue weighted by Gasteiger charge is -2.30. The average Bonchev–Trinajstić information content (AvgIpc) is 3.73. The maximum Gasteiger partial charge on any atom is 0.481 e. The number of thioether (sulfide) groups is 1. The zero-order valence-electron chi connectivity index (χ0n) is 32.0. The van der Waals surface area contributed by atoms with Crippen LogP contribution < -0.4 is 16.4 Å². The lowest BCUT2D eigenvalue weighted by Crippen LogP contribution is -2.46. The summed E-state index contributed by atoms with van der Waals surface area (Å²) >= 11 is 1.03. The molecule has 0 aliphatic carbocycles. The Kier molecular flexibility index (Phi) is 17.7. The van der Waals surface area contributed by atoms with Gasteiger partial charge in [0.1, 0.15) is 36.3 Å². The second-order valence-corrected chi connectivity index (χ2v) is 19.0. The highest BCUT2D eigenvalue weighted by Gasteiger charge is 2.50. The number of carbonyl (C=O) groups excluding carboxylic acids is 3. The zero-order chi connectivity index (χ0) is 44.3. The number of nitrogen functional groups attached to an aromatic ring is 1. The summed E-state index contributed by atoms with van der Waals surface area (Å²) in [5, 5.41) is 26.3. The summed E-state index contributed by atoms with van der Waals surface area (Å²) in [4.78, 5) is 87.8. The van der Waals surface area contributed by atoms with Crippen molar-refractivity contribution >= 4 is 69.1 Å². The van der Waals surface area contributed by atoms with E-state index < -0.39 is 84.6 Å². The van der Waals surface area contributed by atoms with E-state index in [4.69, 9.17) is 19.5 Å². The van der Waals surface area contributed by atoms with Crippen LogP contribution in [0.4, 0.5) is 5.82 Å². The number of aryl methyl sites for hydroxylation is 1. The van der Waals surface area contributed by atoms with E-state index in [0.717, 1.165) is 41.0 Å². The van der Waals surface area contributed by atoms with Crippen molar-refractivity contribution in [1.29, 1.82) is 0 Å². The molecule has 1 aliphatic rings. The maximum absolute atomic E-state index is 12.7. The van der Waals surface area contributed by atoms with Crippen molar-refractivity contribution in [1.82, 2.24) is 30.2 Å². The number of imidazole rings is 1. The number of hydrogen-bond donors (Lipinski definition) is 9. The highest BCUT2D eigenvalue weighted by molar-refractivity contribution is 8.14. The van der Waals surface area contributed by atoms with E-state index in [-0.39, 0.29) is 41.6 Å². The van der Waals surface area contributed by atoms with E-state index in [2.05, 4.69) is 34.4 Å². The first-order valence-electron chi connectivity index (χ1n) is 17.8. The second-order valence-electron chi connectivity index (χ2n) is 13.7. The molecule has 2 unspecified atom stereocenters. The van der Waals surface area contributed by atoms with Crippen LogP contribution in [0.2, 0.25) is 0 Å². The Bertz CT molecular complexity index is 2130. The minimum absolute atomic E-state index is 0.0292. The number of carbonyl (C=O) groups is 3. The first kappa shape index (κ1) is 49.2. The monoisotopic (exact) mass is 925 g/mol. The molecule has 4 rings (SSSR count). The predicted molar refractivity (Wildman–Crippen MR) is 211 cm³/mol. The van der Waals surface area contributed by atoms with E-state index in [1.54, 1.807) is 6.08 Å². The molecule has 1 fully saturated rings. The van der Waals surface area contributed by atoms with E-state index >= 15 is 0 Å². The number of aromatic nitrogens is 4. The van der Waals surface area contributed by atoms with Crippen LogP contribution >= 0.6 is 35.2 Å². The molecule has 0 spiro atoms. The van der Waals surface area contributed by atoms with Crippen molar-refractivity contribution in [3.8, 4) is 0 Å². The van der Waals surface area contributed by atoms with Gasteiger partial charge in [0.05, 0.1) is 19.5 Å². The van der Waals surface area contributed by atoms with Crippen molar-refractivity contribution < 1.29 is 80.5 Å². The van der Waals surface area contributed by atoms with Gasteiger partial charge in [0.2, 0.25) is 16.9 Å². The van der Waals surface area contributed by atoms with Crippen molar-refractivity contribution in [3.63, 3.8) is 0 Å². The summed E-state index contributed by atoms with van der Waals surface area (Å²) in [5.41, 5.74) is 5.42. The third-order valence-electron chi connectivity index (χ3n) is 8.44. The molecule has 24 nitrogen and oxygen atoms in total. The van der Waals surface area contributed by atoms with Gasteiger partial charge in [-0.1, -0.05) is 62.0 Å². The van der Waals surface area contributed by atoms with E-state index in [1.165, 1.54) is 19.9 Å². The number of allylic oxidation sites excluding steroid dienone is 1. The Morgan fingerprint density at radius 1 is 1.03 bits per heavy atom. The van der Waals surface area contributed by atoms with Crippen molar-refractivity contribution in [2.45, 2.75) is 63.8 Å². The number of aliphatic hydroxyl groups is 2. The van der Waals surface area contributed by atoms with E-state index in [9.17, 15) is 57.9 Å². The third-order valence-corrected chi connectivity index (χ3v) is 12.4. The summed E-state index contributed by atoms with van der Waals surface area (Å²) in [6.45, 7) is 0.458. The molecule has 10 N–H and O–H groups in total. The van der Waals surface area contributed by atoms with Gasteiger partial charge in [0.25, 0.3) is 0 Å². The molecule has 3 heterocycles. The maximum atomic E-state index is 12.7. The number of ether oxygens (including phenoxy) is 1. The molecule has 7 atom stereocenters. The van der Waals surface area contributed by atoms with Crippen LogP contribution in [0.15, 0.2) is 55.1 Å². The van der Waals surface area contributed by atoms with Gasteiger partial charge in [-0.2, -0.15) is 4.31 Å². The molecule has 0 bridgehead atoms. The molecular formula is C32H46N7O17P3S. The third kappa shape index (κ3) is 15.2. The molecule has 60 heavy (non-hydrogen) atoms. The highest BCUT2D eigenvalue weighted by atomic mass is 32.2. The van der Waals surface area contributed by atoms with Crippen LogP contribution in [0.5, 0.6) is 0 Å². The van der Waals surface area contributed by atoms with Gasteiger partial charge in [-0.25, -0.2) is 28.6 Å². The number of phosphoric ester groups is 3. The Balaban J connectivity index is 1.18. The van der Waals surface area contributed by atoms with Crippen LogP contribution in [-0.4, -0.2) is 123 Å². The topological polar surface area (TPSA) is 364 Å². The van der Waals surface area contributed by atoms with Gasteiger partial charge >= 0.3 is 23.5 Å². The van der Waals surface area contributed by atoms with Crippen LogP contribution in [0.1, 0.15) is 38.5 Å². The molecule has 332 valence electrons. The zero-order valence-corrected chi connectivity index (χ0v) is 35.5. The molecule has 1 aliphatic heterocycles. The molecule has 3 aromatic rings. The average molecular weight is 926 g/mol. The summed E-state index contributed by atoms with van der Waals surface area (Å²) in [6, 6.07) is 9.82. The number of amides is 2. The Morgan fingerprint density at radius 2 is 1.73 bits per heavy atom. The fourth-order valence-corrected chi connectivity index (χ4v) is 8.83. The number of nitrogens with zero attached hydrogens (tertiary/aromatic N) is 4. The fourth-order valence-electron chi connectivity index (χ4n) is 5.40. The van der Waals surface area contributed by atoms with Crippen LogP contribution in [-0.2, 0) is 57.1 Å². The summed E-state index contributed by atoms with van der Waals surface area (Å²) in [6.07, 6.45) is -2.16. The fraction of sp³-hybridized carbons (Fsp3) is 0.500. The number of nitrogens with two attached hydrogens (primary N) is 1. The number of fused-ring (bicyclic) bond motifs is 1.